The van der Waals surface area contributed by atoms with Gasteiger partial charge in [0.1, 0.15) is 11.4 Å². The average Bonchev–Trinajstić information content (AvgIpc) is 3.00. The quantitative estimate of drug-likeness (QED) is 0.125. The lowest BCUT2D eigenvalue weighted by molar-refractivity contribution is -0.127. The number of hydrogen-bond acceptors (Lipinski definition) is 8. The summed E-state index contributed by atoms with van der Waals surface area (Å²) in [6, 6.07) is 23.0. The highest BCUT2D eigenvalue weighted by Gasteiger charge is 2.24. The standard InChI is InChI=1S/C33H28Cl2N6O4/c1-19-9-13-25(14-10-19)37-33(45)31(21(3)43)41-39-29-16-12-23(18-27(29)35)22-11-15-28(26(34)17-22)38-40-30(20(2)42)32(44)36-24-7-5-4-6-8-24/h4-18,30-31H,1-3H3,(H,36,44)(H,37,45). The molecule has 0 saturated heterocycles. The fraction of sp³-hybridized carbons (Fsp3) is 0.152. The van der Waals surface area contributed by atoms with Crippen molar-refractivity contribution < 1.29 is 19.2 Å². The highest BCUT2D eigenvalue weighted by molar-refractivity contribution is 6.34. The summed E-state index contributed by atoms with van der Waals surface area (Å²) < 4.78 is 0. The smallest absolute Gasteiger partial charge is 0.258 e. The van der Waals surface area contributed by atoms with Crippen molar-refractivity contribution in [3.05, 3.63) is 107 Å². The van der Waals surface area contributed by atoms with Crippen LogP contribution in [0.3, 0.4) is 0 Å². The largest absolute Gasteiger partial charge is 0.324 e. The molecule has 228 valence electrons. The Bertz CT molecular complexity index is 1790. The Morgan fingerprint density at radius 1 is 0.600 bits per heavy atom. The maximum absolute atomic E-state index is 12.7. The topological polar surface area (TPSA) is 142 Å². The number of carbonyl (C=O) groups excluding carboxylic acids is 4. The minimum atomic E-state index is -1.35. The van der Waals surface area contributed by atoms with Crippen LogP contribution in [0.25, 0.3) is 11.1 Å². The van der Waals surface area contributed by atoms with Crippen molar-refractivity contribution in [3.8, 4) is 11.1 Å². The number of para-hydroxylation sites is 1. The van der Waals surface area contributed by atoms with E-state index in [1.54, 1.807) is 78.9 Å². The highest BCUT2D eigenvalue weighted by atomic mass is 35.5. The monoisotopic (exact) mass is 642 g/mol. The van der Waals surface area contributed by atoms with Gasteiger partial charge in [-0.1, -0.05) is 71.2 Å². The van der Waals surface area contributed by atoms with Crippen molar-refractivity contribution in [2.24, 2.45) is 20.5 Å². The van der Waals surface area contributed by atoms with Crippen molar-refractivity contribution in [2.75, 3.05) is 10.6 Å². The third kappa shape index (κ3) is 8.98. The maximum Gasteiger partial charge on any atom is 0.258 e. The summed E-state index contributed by atoms with van der Waals surface area (Å²) in [6.07, 6.45) is 0. The molecule has 0 bridgehead atoms. The molecule has 0 aromatic heterocycles. The number of nitrogens with one attached hydrogen (secondary N) is 2. The first-order valence-corrected chi connectivity index (χ1v) is 14.4. The number of anilines is 2. The number of hydrogen-bond donors (Lipinski definition) is 2. The number of carbonyl (C=O) groups is 4. The summed E-state index contributed by atoms with van der Waals surface area (Å²) in [5, 5.41) is 21.8. The molecule has 0 radical (unpaired) electrons. The molecule has 0 aliphatic carbocycles. The molecule has 4 aromatic carbocycles. The molecule has 0 spiro atoms. The first-order chi connectivity index (χ1) is 21.5. The van der Waals surface area contributed by atoms with Gasteiger partial charge in [-0.05, 0) is 80.4 Å². The normalized spacial score (nSPS) is 12.6. The van der Waals surface area contributed by atoms with Crippen LogP contribution in [0.1, 0.15) is 19.4 Å². The zero-order valence-electron chi connectivity index (χ0n) is 24.5. The Hall–Kier alpha value is -5.06. The average molecular weight is 644 g/mol. The van der Waals surface area contributed by atoms with Crippen LogP contribution >= 0.6 is 23.2 Å². The van der Waals surface area contributed by atoms with Crippen LogP contribution in [-0.4, -0.2) is 35.5 Å². The van der Waals surface area contributed by atoms with E-state index in [0.29, 0.717) is 22.5 Å². The molecular weight excluding hydrogens is 615 g/mol. The SMILES string of the molecule is CC(=O)C(N=Nc1ccc(-c2ccc(N=NC(C(C)=O)C(=O)Nc3ccc(C)cc3)c(Cl)c2)cc1Cl)C(=O)Nc1ccccc1. The molecule has 12 heteroatoms. The van der Waals surface area contributed by atoms with E-state index < -0.39 is 35.5 Å². The first-order valence-electron chi connectivity index (χ1n) is 13.7. The number of rotatable bonds is 11. The Morgan fingerprint density at radius 3 is 1.42 bits per heavy atom. The summed E-state index contributed by atoms with van der Waals surface area (Å²) in [5.41, 5.74) is 3.99. The van der Waals surface area contributed by atoms with E-state index in [9.17, 15) is 19.2 Å². The Morgan fingerprint density at radius 2 is 1.02 bits per heavy atom. The lowest BCUT2D eigenvalue weighted by atomic mass is 10.0. The van der Waals surface area contributed by atoms with Gasteiger partial charge in [0, 0.05) is 11.4 Å². The van der Waals surface area contributed by atoms with Crippen LogP contribution in [0.5, 0.6) is 0 Å². The molecule has 0 saturated carbocycles. The van der Waals surface area contributed by atoms with Crippen LogP contribution < -0.4 is 10.6 Å². The van der Waals surface area contributed by atoms with Gasteiger partial charge in [0.05, 0.1) is 10.0 Å². The third-order valence-corrected chi connectivity index (χ3v) is 7.02. The van der Waals surface area contributed by atoms with Gasteiger partial charge in [0.15, 0.2) is 11.6 Å². The molecule has 2 atom stereocenters. The van der Waals surface area contributed by atoms with Crippen LogP contribution in [0, 0.1) is 6.92 Å². The second kappa shape index (κ2) is 15.1. The molecule has 2 unspecified atom stereocenters. The number of ketones is 2. The van der Waals surface area contributed by atoms with E-state index in [1.807, 2.05) is 19.1 Å². The Kier molecular flexibility index (Phi) is 11.0. The van der Waals surface area contributed by atoms with E-state index in [4.69, 9.17) is 23.2 Å². The lowest BCUT2D eigenvalue weighted by Gasteiger charge is -2.10. The molecule has 0 aliphatic rings. The first kappa shape index (κ1) is 32.8. The molecule has 0 aliphatic heterocycles. The molecule has 45 heavy (non-hydrogen) atoms. The molecule has 4 aromatic rings. The summed E-state index contributed by atoms with van der Waals surface area (Å²) >= 11 is 12.9. The van der Waals surface area contributed by atoms with E-state index in [2.05, 4.69) is 31.1 Å². The fourth-order valence-electron chi connectivity index (χ4n) is 3.99. The number of Topliss-reactive ketones (excluding diaryl/α,β-unsaturated/α-hetero) is 2. The second-order valence-electron chi connectivity index (χ2n) is 10.0. The fourth-order valence-corrected chi connectivity index (χ4v) is 4.43. The van der Waals surface area contributed by atoms with E-state index in [0.717, 1.165) is 5.56 Å². The molecule has 2 N–H and O–H groups in total. The number of aryl methyl sites for hydroxylation is 1. The summed E-state index contributed by atoms with van der Waals surface area (Å²) in [5.74, 6) is -2.18. The zero-order valence-corrected chi connectivity index (χ0v) is 26.0. The maximum atomic E-state index is 12.7. The Labute approximate surface area is 269 Å². The number of benzene rings is 4. The molecule has 0 heterocycles. The van der Waals surface area contributed by atoms with Crippen LogP contribution in [0.15, 0.2) is 111 Å². The van der Waals surface area contributed by atoms with Crippen molar-refractivity contribution in [2.45, 2.75) is 32.9 Å². The molecule has 2 amide bonds. The molecule has 0 fully saturated rings. The van der Waals surface area contributed by atoms with Crippen molar-refractivity contribution in [1.82, 2.24) is 0 Å². The van der Waals surface area contributed by atoms with Gasteiger partial charge in [-0.2, -0.15) is 20.5 Å². The summed E-state index contributed by atoms with van der Waals surface area (Å²) in [6.45, 7) is 4.44. The van der Waals surface area contributed by atoms with Gasteiger partial charge < -0.3 is 10.6 Å². The van der Waals surface area contributed by atoms with Gasteiger partial charge in [-0.25, -0.2) is 0 Å². The van der Waals surface area contributed by atoms with E-state index >= 15 is 0 Å². The van der Waals surface area contributed by atoms with Crippen molar-refractivity contribution in [3.63, 3.8) is 0 Å². The van der Waals surface area contributed by atoms with Crippen molar-refractivity contribution >= 4 is 69.3 Å². The van der Waals surface area contributed by atoms with Gasteiger partial charge in [0.25, 0.3) is 11.8 Å². The van der Waals surface area contributed by atoms with Gasteiger partial charge in [-0.15, -0.1) is 0 Å². The summed E-state index contributed by atoms with van der Waals surface area (Å²) in [4.78, 5) is 49.6. The summed E-state index contributed by atoms with van der Waals surface area (Å²) in [7, 11) is 0. The predicted molar refractivity (Wildman–Crippen MR) is 175 cm³/mol. The molecule has 4 rings (SSSR count). The van der Waals surface area contributed by atoms with Crippen LogP contribution in [0.4, 0.5) is 22.7 Å². The minimum absolute atomic E-state index is 0.228. The third-order valence-electron chi connectivity index (χ3n) is 6.42. The zero-order chi connectivity index (χ0) is 32.5. The number of halogens is 2. The second-order valence-corrected chi connectivity index (χ2v) is 10.8. The number of azo groups is 2. The Balaban J connectivity index is 1.46. The highest BCUT2D eigenvalue weighted by Crippen LogP contribution is 2.35. The number of nitrogens with zero attached hydrogens (tertiary/aromatic N) is 4. The van der Waals surface area contributed by atoms with E-state index in [1.165, 1.54) is 13.8 Å². The van der Waals surface area contributed by atoms with Gasteiger partial charge in [-0.3, -0.25) is 19.2 Å². The van der Waals surface area contributed by atoms with Gasteiger partial charge in [0.2, 0.25) is 12.1 Å². The predicted octanol–water partition coefficient (Wildman–Crippen LogP) is 8.33. The number of amides is 2. The molecular formula is C33H28Cl2N6O4. The van der Waals surface area contributed by atoms with Crippen LogP contribution in [-0.2, 0) is 19.2 Å². The van der Waals surface area contributed by atoms with Crippen LogP contribution in [0.2, 0.25) is 10.0 Å². The van der Waals surface area contributed by atoms with Gasteiger partial charge >= 0.3 is 0 Å². The molecule has 10 nitrogen and oxygen atoms in total. The van der Waals surface area contributed by atoms with Crippen molar-refractivity contribution in [1.29, 1.82) is 0 Å². The minimum Gasteiger partial charge on any atom is -0.324 e. The van der Waals surface area contributed by atoms with E-state index in [-0.39, 0.29) is 21.4 Å². The lowest BCUT2D eigenvalue weighted by Crippen LogP contribution is -2.31.